The van der Waals surface area contributed by atoms with E-state index in [0.29, 0.717) is 6.04 Å². The smallest absolute Gasteiger partial charge is 0.0409 e. The maximum absolute atomic E-state index is 2.55. The minimum Gasteiger partial charge on any atom is -0.344 e. The first-order valence-corrected chi connectivity index (χ1v) is 7.27. The first kappa shape index (κ1) is 11.3. The summed E-state index contributed by atoms with van der Waals surface area (Å²) >= 11 is 0. The Balaban J connectivity index is 1.63. The fourth-order valence-corrected chi connectivity index (χ4v) is 3.65. The molecule has 2 nitrogen and oxygen atoms in total. The molecule has 1 fully saturated rings. The van der Waals surface area contributed by atoms with Crippen LogP contribution in [-0.2, 0) is 0 Å². The summed E-state index contributed by atoms with van der Waals surface area (Å²) in [7, 11) is 2.27. The summed E-state index contributed by atoms with van der Waals surface area (Å²) in [5.41, 5.74) is 4.27. The molecule has 19 heavy (non-hydrogen) atoms. The van der Waals surface area contributed by atoms with E-state index < -0.39 is 0 Å². The van der Waals surface area contributed by atoms with Gasteiger partial charge in [-0.1, -0.05) is 24.3 Å². The molecule has 4 aliphatic heterocycles. The maximum Gasteiger partial charge on any atom is 0.0409 e. The highest BCUT2D eigenvalue weighted by atomic mass is 15.2. The van der Waals surface area contributed by atoms with Crippen molar-refractivity contribution in [1.82, 2.24) is 9.80 Å². The minimum atomic E-state index is 0.668. The molecule has 98 valence electrons. The Morgan fingerprint density at radius 1 is 1.21 bits per heavy atom. The van der Waals surface area contributed by atoms with Crippen molar-refractivity contribution in [1.29, 1.82) is 0 Å². The SMILES string of the molecule is CN1C2C=C(C3=CN4CC=CC=C4C=C3)CC1CC2. The summed E-state index contributed by atoms with van der Waals surface area (Å²) in [6.45, 7) is 1.000. The van der Waals surface area contributed by atoms with Crippen molar-refractivity contribution in [2.75, 3.05) is 13.6 Å². The summed E-state index contributed by atoms with van der Waals surface area (Å²) in [4.78, 5) is 4.89. The fraction of sp³-hybridized carbons (Fsp3) is 0.412. The molecule has 0 spiro atoms. The third-order valence-electron chi connectivity index (χ3n) is 4.88. The van der Waals surface area contributed by atoms with E-state index in [4.69, 9.17) is 0 Å². The third-order valence-corrected chi connectivity index (χ3v) is 4.88. The summed E-state index contributed by atoms with van der Waals surface area (Å²) < 4.78 is 0. The zero-order valence-electron chi connectivity index (χ0n) is 11.4. The quantitative estimate of drug-likeness (QED) is 0.708. The van der Waals surface area contributed by atoms with Crippen molar-refractivity contribution in [2.24, 2.45) is 0 Å². The molecular weight excluding hydrogens is 232 g/mol. The van der Waals surface area contributed by atoms with Gasteiger partial charge in [0, 0.05) is 30.5 Å². The molecule has 0 aromatic heterocycles. The predicted octanol–water partition coefficient (Wildman–Crippen LogP) is 2.99. The fourth-order valence-electron chi connectivity index (χ4n) is 3.65. The second kappa shape index (κ2) is 4.24. The second-order valence-corrected chi connectivity index (χ2v) is 5.95. The van der Waals surface area contributed by atoms with Crippen LogP contribution in [0.15, 0.2) is 59.5 Å². The Hall–Kier alpha value is -1.54. The normalized spacial score (nSPS) is 32.9. The van der Waals surface area contributed by atoms with Gasteiger partial charge in [0.2, 0.25) is 0 Å². The van der Waals surface area contributed by atoms with Crippen molar-refractivity contribution in [3.63, 3.8) is 0 Å². The highest BCUT2D eigenvalue weighted by molar-refractivity contribution is 5.48. The van der Waals surface area contributed by atoms with E-state index >= 15 is 0 Å². The van der Waals surface area contributed by atoms with Gasteiger partial charge in [-0.3, -0.25) is 4.90 Å². The number of likely N-dealkylation sites (N-methyl/N-ethyl adjacent to an activating group) is 1. The van der Waals surface area contributed by atoms with Gasteiger partial charge in [0.15, 0.2) is 0 Å². The first-order chi connectivity index (χ1) is 9.31. The molecule has 0 aliphatic carbocycles. The van der Waals surface area contributed by atoms with Gasteiger partial charge >= 0.3 is 0 Å². The van der Waals surface area contributed by atoms with Crippen LogP contribution in [0, 0.1) is 0 Å². The molecule has 2 bridgehead atoms. The van der Waals surface area contributed by atoms with E-state index in [1.54, 1.807) is 5.57 Å². The van der Waals surface area contributed by atoms with Crippen molar-refractivity contribution in [3.8, 4) is 0 Å². The van der Waals surface area contributed by atoms with Crippen LogP contribution < -0.4 is 0 Å². The highest BCUT2D eigenvalue weighted by Gasteiger charge is 2.34. The molecule has 0 radical (unpaired) electrons. The summed E-state index contributed by atoms with van der Waals surface area (Å²) in [6, 6.07) is 1.43. The van der Waals surface area contributed by atoms with E-state index in [-0.39, 0.29) is 0 Å². The lowest BCUT2D eigenvalue weighted by Crippen LogP contribution is -2.35. The Kier molecular flexibility index (Phi) is 2.52. The number of hydrogen-bond acceptors (Lipinski definition) is 2. The molecule has 1 saturated heterocycles. The van der Waals surface area contributed by atoms with Crippen LogP contribution in [0.3, 0.4) is 0 Å². The molecule has 0 aromatic rings. The second-order valence-electron chi connectivity index (χ2n) is 5.95. The maximum atomic E-state index is 2.55. The zero-order chi connectivity index (χ0) is 12.8. The highest BCUT2D eigenvalue weighted by Crippen LogP contribution is 2.37. The van der Waals surface area contributed by atoms with Gasteiger partial charge < -0.3 is 4.90 Å². The average molecular weight is 252 g/mol. The summed E-state index contributed by atoms with van der Waals surface area (Å²) in [5, 5.41) is 0. The van der Waals surface area contributed by atoms with Crippen LogP contribution in [-0.4, -0.2) is 35.5 Å². The minimum absolute atomic E-state index is 0.668. The van der Waals surface area contributed by atoms with E-state index in [2.05, 4.69) is 59.5 Å². The standard InChI is InChI=1S/C17H20N2/c1-18-16-7-8-17(18)11-14(10-16)13-5-6-15-4-2-3-9-19(15)12-13/h2-6,10,12,16-17H,7-9,11H2,1H3. The monoisotopic (exact) mass is 252 g/mol. The van der Waals surface area contributed by atoms with Gasteiger partial charge in [0.25, 0.3) is 0 Å². The molecule has 4 aliphatic rings. The molecule has 0 N–H and O–H groups in total. The number of nitrogens with zero attached hydrogens (tertiary/aromatic N) is 2. The van der Waals surface area contributed by atoms with Crippen LogP contribution in [0.5, 0.6) is 0 Å². The van der Waals surface area contributed by atoms with Gasteiger partial charge in [-0.05, 0) is 49.6 Å². The van der Waals surface area contributed by atoms with Gasteiger partial charge in [-0.15, -0.1) is 0 Å². The zero-order valence-corrected chi connectivity index (χ0v) is 11.4. The van der Waals surface area contributed by atoms with Crippen LogP contribution >= 0.6 is 0 Å². The topological polar surface area (TPSA) is 6.48 Å². The predicted molar refractivity (Wildman–Crippen MR) is 78.4 cm³/mol. The average Bonchev–Trinajstić information content (AvgIpc) is 2.68. The van der Waals surface area contributed by atoms with Crippen LogP contribution in [0.2, 0.25) is 0 Å². The van der Waals surface area contributed by atoms with Crippen molar-refractivity contribution in [2.45, 2.75) is 31.3 Å². The Labute approximate surface area is 115 Å². The molecular formula is C17H20N2. The van der Waals surface area contributed by atoms with E-state index in [0.717, 1.165) is 12.6 Å². The molecule has 2 atom stereocenters. The first-order valence-electron chi connectivity index (χ1n) is 7.27. The van der Waals surface area contributed by atoms with Gasteiger partial charge in [-0.25, -0.2) is 0 Å². The van der Waals surface area contributed by atoms with E-state index in [1.165, 1.54) is 30.5 Å². The van der Waals surface area contributed by atoms with Crippen molar-refractivity contribution < 1.29 is 0 Å². The Morgan fingerprint density at radius 2 is 2.16 bits per heavy atom. The summed E-state index contributed by atoms with van der Waals surface area (Å²) in [5.74, 6) is 0. The van der Waals surface area contributed by atoms with Crippen molar-refractivity contribution in [3.05, 3.63) is 59.5 Å². The molecule has 0 amide bonds. The Morgan fingerprint density at radius 3 is 3.05 bits per heavy atom. The number of hydrogen-bond donors (Lipinski definition) is 0. The van der Waals surface area contributed by atoms with Crippen LogP contribution in [0.1, 0.15) is 19.3 Å². The lowest BCUT2D eigenvalue weighted by molar-refractivity contribution is 0.256. The number of allylic oxidation sites excluding steroid dienone is 5. The van der Waals surface area contributed by atoms with E-state index in [9.17, 15) is 0 Å². The van der Waals surface area contributed by atoms with Gasteiger partial charge in [0.05, 0.1) is 0 Å². The lowest BCUT2D eigenvalue weighted by Gasteiger charge is -2.33. The van der Waals surface area contributed by atoms with Crippen LogP contribution in [0.4, 0.5) is 0 Å². The van der Waals surface area contributed by atoms with E-state index in [1.807, 2.05) is 0 Å². The lowest BCUT2D eigenvalue weighted by atomic mass is 9.93. The largest absolute Gasteiger partial charge is 0.344 e. The molecule has 2 unspecified atom stereocenters. The molecule has 0 saturated carbocycles. The van der Waals surface area contributed by atoms with Crippen LogP contribution in [0.25, 0.3) is 0 Å². The Bertz CT molecular complexity index is 548. The van der Waals surface area contributed by atoms with Crippen molar-refractivity contribution >= 4 is 0 Å². The molecule has 2 heteroatoms. The number of fused-ring (bicyclic) bond motifs is 3. The van der Waals surface area contributed by atoms with Gasteiger partial charge in [0.1, 0.15) is 0 Å². The number of rotatable bonds is 1. The summed E-state index contributed by atoms with van der Waals surface area (Å²) in [6.07, 6.45) is 19.8. The van der Waals surface area contributed by atoms with Gasteiger partial charge in [-0.2, -0.15) is 0 Å². The molecule has 4 rings (SSSR count). The molecule has 0 aromatic carbocycles. The molecule has 4 heterocycles. The third kappa shape index (κ3) is 1.82.